The van der Waals surface area contributed by atoms with Gasteiger partial charge in [-0.2, -0.15) is 5.26 Å². The van der Waals surface area contributed by atoms with E-state index in [1.165, 1.54) is 6.20 Å². The number of aromatic amines is 1. The largest absolute Gasteiger partial charge is 0.383 e. The number of nitrogens with zero attached hydrogens (tertiary/aromatic N) is 3. The summed E-state index contributed by atoms with van der Waals surface area (Å²) in [5, 5.41) is 13.5. The van der Waals surface area contributed by atoms with Crippen molar-refractivity contribution in [1.82, 2.24) is 15.0 Å². The first-order valence-corrected chi connectivity index (χ1v) is 7.55. The van der Waals surface area contributed by atoms with Gasteiger partial charge in [0, 0.05) is 30.6 Å². The molecule has 0 bridgehead atoms. The first-order chi connectivity index (χ1) is 11.7. The number of nitriles is 1. The minimum absolute atomic E-state index is 0.149. The maximum Gasteiger partial charge on any atom is 0.168 e. The van der Waals surface area contributed by atoms with Crippen LogP contribution in [0.5, 0.6) is 0 Å². The summed E-state index contributed by atoms with van der Waals surface area (Å²) in [5.74, 6) is 0.564. The van der Waals surface area contributed by atoms with Crippen molar-refractivity contribution in [1.29, 1.82) is 5.26 Å². The Bertz CT molecular complexity index is 849. The lowest BCUT2D eigenvalue weighted by atomic mass is 10.2. The van der Waals surface area contributed by atoms with Gasteiger partial charge in [0.05, 0.1) is 18.5 Å². The van der Waals surface area contributed by atoms with Crippen LogP contribution in [0.3, 0.4) is 0 Å². The quantitative estimate of drug-likeness (QED) is 0.638. The molecule has 0 aliphatic heterocycles. The first kappa shape index (κ1) is 15.9. The van der Waals surface area contributed by atoms with Crippen molar-refractivity contribution in [3.63, 3.8) is 0 Å². The molecule has 122 valence electrons. The molecule has 0 radical (unpaired) electrons. The fourth-order valence-corrected chi connectivity index (χ4v) is 2.45. The highest BCUT2D eigenvalue weighted by atomic mass is 16.5. The van der Waals surface area contributed by atoms with E-state index in [1.807, 2.05) is 30.3 Å². The lowest BCUT2D eigenvalue weighted by Gasteiger charge is -2.12. The Morgan fingerprint density at radius 1 is 1.42 bits per heavy atom. The average molecular weight is 322 g/mol. The Hall–Kier alpha value is -2.95. The van der Waals surface area contributed by atoms with Crippen LogP contribution >= 0.6 is 0 Å². The molecule has 0 saturated heterocycles. The second-order valence-electron chi connectivity index (χ2n) is 5.43. The van der Waals surface area contributed by atoms with E-state index in [9.17, 15) is 5.26 Å². The maximum absolute atomic E-state index is 9.31. The third-order valence-electron chi connectivity index (χ3n) is 3.59. The number of hydrogen-bond acceptors (Lipinski definition) is 6. The highest BCUT2D eigenvalue weighted by molar-refractivity contribution is 5.85. The van der Waals surface area contributed by atoms with Crippen LogP contribution in [0.1, 0.15) is 5.69 Å². The fraction of sp³-hybridized carbons (Fsp3) is 0.235. The minimum atomic E-state index is -0.149. The molecule has 0 amide bonds. The summed E-state index contributed by atoms with van der Waals surface area (Å²) in [7, 11) is 1.61. The van der Waals surface area contributed by atoms with E-state index < -0.39 is 0 Å². The number of para-hydroxylation sites is 1. The topological polar surface area (TPSA) is 113 Å². The molecule has 1 aromatic carbocycles. The van der Waals surface area contributed by atoms with Crippen LogP contribution in [0, 0.1) is 11.3 Å². The number of fused-ring (bicyclic) bond motifs is 1. The number of methoxy groups -OCH3 is 1. The van der Waals surface area contributed by atoms with E-state index in [-0.39, 0.29) is 11.7 Å². The normalized spacial score (nSPS) is 12.0. The smallest absolute Gasteiger partial charge is 0.168 e. The van der Waals surface area contributed by atoms with Crippen molar-refractivity contribution in [2.75, 3.05) is 25.6 Å². The molecule has 0 fully saturated rings. The number of nitrogens with one attached hydrogen (secondary N) is 2. The van der Waals surface area contributed by atoms with E-state index in [2.05, 4.69) is 26.3 Å². The molecule has 7 heteroatoms. The molecular weight excluding hydrogens is 304 g/mol. The summed E-state index contributed by atoms with van der Waals surface area (Å²) in [6.45, 7) is 0.951. The molecule has 1 unspecified atom stereocenters. The summed E-state index contributed by atoms with van der Waals surface area (Å²) >= 11 is 0. The van der Waals surface area contributed by atoms with E-state index in [4.69, 9.17) is 10.5 Å². The number of aromatic nitrogens is 3. The molecule has 4 N–H and O–H groups in total. The highest BCUT2D eigenvalue weighted by Gasteiger charge is 2.13. The molecule has 0 aliphatic carbocycles. The van der Waals surface area contributed by atoms with Crippen molar-refractivity contribution in [3.8, 4) is 17.5 Å². The lowest BCUT2D eigenvalue weighted by molar-refractivity contribution is 0.183. The Morgan fingerprint density at radius 3 is 3.00 bits per heavy atom. The summed E-state index contributed by atoms with van der Waals surface area (Å²) in [6.07, 6.45) is 1.53. The molecule has 3 aromatic rings. The summed E-state index contributed by atoms with van der Waals surface area (Å²) in [5.41, 5.74) is 8.42. The molecule has 0 saturated carbocycles. The number of ether oxygens (including phenoxy) is 1. The number of hydrogen-bond donors (Lipinski definition) is 3. The third-order valence-corrected chi connectivity index (χ3v) is 3.59. The van der Waals surface area contributed by atoms with Crippen molar-refractivity contribution in [2.45, 2.75) is 6.04 Å². The van der Waals surface area contributed by atoms with Gasteiger partial charge in [0.1, 0.15) is 17.6 Å². The Balaban J connectivity index is 1.91. The predicted molar refractivity (Wildman–Crippen MR) is 92.4 cm³/mol. The van der Waals surface area contributed by atoms with Gasteiger partial charge in [-0.15, -0.1) is 0 Å². The van der Waals surface area contributed by atoms with Crippen LogP contribution < -0.4 is 11.1 Å². The van der Waals surface area contributed by atoms with Crippen molar-refractivity contribution in [3.05, 3.63) is 42.2 Å². The van der Waals surface area contributed by atoms with Crippen LogP contribution in [0.2, 0.25) is 0 Å². The van der Waals surface area contributed by atoms with E-state index in [1.54, 1.807) is 7.11 Å². The minimum Gasteiger partial charge on any atom is -0.383 e. The summed E-state index contributed by atoms with van der Waals surface area (Å²) < 4.78 is 5.01. The zero-order valence-electron chi connectivity index (χ0n) is 13.3. The number of anilines is 1. The van der Waals surface area contributed by atoms with Gasteiger partial charge in [-0.05, 0) is 12.1 Å². The van der Waals surface area contributed by atoms with Gasteiger partial charge in [-0.3, -0.25) is 0 Å². The molecule has 7 nitrogen and oxygen atoms in total. The van der Waals surface area contributed by atoms with Gasteiger partial charge in [0.15, 0.2) is 5.69 Å². The predicted octanol–water partition coefficient (Wildman–Crippen LogP) is 1.88. The summed E-state index contributed by atoms with van der Waals surface area (Å²) in [6, 6.07) is 11.8. The molecule has 0 aliphatic rings. The van der Waals surface area contributed by atoms with E-state index >= 15 is 0 Å². The molecule has 24 heavy (non-hydrogen) atoms. The van der Waals surface area contributed by atoms with Crippen LogP contribution in [0.15, 0.2) is 36.5 Å². The third kappa shape index (κ3) is 3.35. The second-order valence-corrected chi connectivity index (χ2v) is 5.43. The molecule has 2 heterocycles. The van der Waals surface area contributed by atoms with Crippen LogP contribution in [-0.2, 0) is 4.74 Å². The van der Waals surface area contributed by atoms with Gasteiger partial charge >= 0.3 is 0 Å². The van der Waals surface area contributed by atoms with Gasteiger partial charge in [0.25, 0.3) is 0 Å². The van der Waals surface area contributed by atoms with Gasteiger partial charge < -0.3 is 20.8 Å². The van der Waals surface area contributed by atoms with Gasteiger partial charge in [-0.25, -0.2) is 9.97 Å². The van der Waals surface area contributed by atoms with E-state index in [0.717, 1.165) is 16.6 Å². The number of benzene rings is 1. The number of H-pyrrole nitrogens is 1. The molecule has 0 spiro atoms. The van der Waals surface area contributed by atoms with Crippen LogP contribution in [-0.4, -0.2) is 41.3 Å². The van der Waals surface area contributed by atoms with Crippen molar-refractivity contribution < 1.29 is 4.74 Å². The zero-order valence-corrected chi connectivity index (χ0v) is 13.3. The van der Waals surface area contributed by atoms with Crippen molar-refractivity contribution >= 4 is 16.7 Å². The highest BCUT2D eigenvalue weighted by Crippen LogP contribution is 2.25. The SMILES string of the molecule is COCC(N)CNc1cnc(C#N)c(-c2cc3ccccc3[nH]2)n1. The maximum atomic E-state index is 9.31. The standard InChI is InChI=1S/C17H18N6O/c1-24-10-12(19)8-21-16-9-20-15(7-18)17(23-16)14-6-11-4-2-3-5-13(11)22-14/h2-6,9,12,22H,8,10,19H2,1H3,(H,21,23). The molecular formula is C17H18N6O. The Labute approximate surface area is 139 Å². The van der Waals surface area contributed by atoms with Crippen LogP contribution in [0.25, 0.3) is 22.3 Å². The van der Waals surface area contributed by atoms with Gasteiger partial charge in [0.2, 0.25) is 0 Å². The fourth-order valence-electron chi connectivity index (χ4n) is 2.45. The monoisotopic (exact) mass is 322 g/mol. The first-order valence-electron chi connectivity index (χ1n) is 7.55. The Morgan fingerprint density at radius 2 is 2.25 bits per heavy atom. The van der Waals surface area contributed by atoms with E-state index in [0.29, 0.717) is 24.7 Å². The molecule has 3 rings (SSSR count). The lowest BCUT2D eigenvalue weighted by Crippen LogP contribution is -2.33. The zero-order chi connectivity index (χ0) is 16.9. The average Bonchev–Trinajstić information content (AvgIpc) is 3.04. The van der Waals surface area contributed by atoms with Crippen LogP contribution in [0.4, 0.5) is 5.82 Å². The second kappa shape index (κ2) is 7.08. The number of rotatable bonds is 6. The Kier molecular flexibility index (Phi) is 4.70. The summed E-state index contributed by atoms with van der Waals surface area (Å²) in [4.78, 5) is 12.0. The molecule has 1 atom stereocenters. The number of nitrogens with two attached hydrogens (primary N) is 1. The van der Waals surface area contributed by atoms with Crippen molar-refractivity contribution in [2.24, 2.45) is 5.73 Å². The van der Waals surface area contributed by atoms with Gasteiger partial charge in [-0.1, -0.05) is 18.2 Å². The molecule has 2 aromatic heterocycles.